The molecule has 4 rings (SSSR count). The van der Waals surface area contributed by atoms with Crippen LogP contribution in [0.5, 0.6) is 0 Å². The molecule has 2 saturated heterocycles. The zero-order valence-electron chi connectivity index (χ0n) is 13.8. The van der Waals surface area contributed by atoms with Crippen molar-refractivity contribution in [2.45, 2.75) is 37.5 Å². The van der Waals surface area contributed by atoms with E-state index in [9.17, 15) is 0 Å². The number of likely N-dealkylation sites (tertiary alicyclic amines) is 1. The van der Waals surface area contributed by atoms with E-state index in [0.29, 0.717) is 6.04 Å². The molecule has 0 amide bonds. The van der Waals surface area contributed by atoms with Gasteiger partial charge in [0, 0.05) is 38.1 Å². The molecule has 6 heteroatoms. The lowest BCUT2D eigenvalue weighted by molar-refractivity contribution is -0.0535. The van der Waals surface area contributed by atoms with Crippen LogP contribution in [0.4, 0.5) is 5.82 Å². The average Bonchev–Trinajstić information content (AvgIpc) is 2.98. The van der Waals surface area contributed by atoms with Crippen LogP contribution in [-0.4, -0.2) is 51.2 Å². The lowest BCUT2D eigenvalue weighted by atomic mass is 9.88. The first-order valence-corrected chi connectivity index (χ1v) is 8.60. The smallest absolute Gasteiger partial charge is 0.144 e. The van der Waals surface area contributed by atoms with Gasteiger partial charge in [-0.1, -0.05) is 6.07 Å². The Hall–Kier alpha value is -2.05. The molecule has 24 heavy (non-hydrogen) atoms. The minimum absolute atomic E-state index is 0.0348. The van der Waals surface area contributed by atoms with E-state index in [1.165, 1.54) is 6.42 Å². The van der Waals surface area contributed by atoms with Crippen LogP contribution in [-0.2, 0) is 11.3 Å². The highest BCUT2D eigenvalue weighted by atomic mass is 16.5. The molecule has 0 aliphatic carbocycles. The molecule has 0 saturated carbocycles. The first-order valence-electron chi connectivity index (χ1n) is 8.60. The predicted molar refractivity (Wildman–Crippen MR) is 91.5 cm³/mol. The second kappa shape index (κ2) is 6.83. The summed E-state index contributed by atoms with van der Waals surface area (Å²) in [6.07, 6.45) is 10.3. The normalized spacial score (nSPS) is 27.4. The van der Waals surface area contributed by atoms with Crippen LogP contribution in [0, 0.1) is 0 Å². The number of pyridine rings is 1. The zero-order chi connectivity index (χ0) is 16.2. The summed E-state index contributed by atoms with van der Waals surface area (Å²) in [6.45, 7) is 3.72. The first-order chi connectivity index (χ1) is 11.8. The molecule has 2 aliphatic rings. The summed E-state index contributed by atoms with van der Waals surface area (Å²) < 4.78 is 6.26. The van der Waals surface area contributed by atoms with Gasteiger partial charge in [-0.15, -0.1) is 0 Å². The molecule has 0 bridgehead atoms. The van der Waals surface area contributed by atoms with Crippen LogP contribution in [0.25, 0.3) is 0 Å². The van der Waals surface area contributed by atoms with Crippen LogP contribution in [0.15, 0.2) is 43.0 Å². The molecular weight excluding hydrogens is 302 g/mol. The highest BCUT2D eigenvalue weighted by molar-refractivity contribution is 5.32. The Morgan fingerprint density at radius 3 is 3.08 bits per heavy atom. The van der Waals surface area contributed by atoms with Crippen LogP contribution in [0.2, 0.25) is 0 Å². The number of anilines is 1. The summed E-state index contributed by atoms with van der Waals surface area (Å²) in [7, 11) is 0. The van der Waals surface area contributed by atoms with E-state index in [1.807, 2.05) is 12.3 Å². The number of hydrogen-bond acceptors (Lipinski definition) is 6. The zero-order valence-corrected chi connectivity index (χ0v) is 13.8. The number of hydrogen-bond donors (Lipinski definition) is 1. The maximum Gasteiger partial charge on any atom is 0.144 e. The second-order valence-electron chi connectivity index (χ2n) is 6.77. The first kappa shape index (κ1) is 15.5. The van der Waals surface area contributed by atoms with E-state index < -0.39 is 0 Å². The van der Waals surface area contributed by atoms with Gasteiger partial charge in [0.25, 0.3) is 0 Å². The molecule has 2 atom stereocenters. The van der Waals surface area contributed by atoms with Gasteiger partial charge < -0.3 is 10.1 Å². The molecule has 1 spiro atoms. The van der Waals surface area contributed by atoms with E-state index in [4.69, 9.17) is 4.74 Å². The van der Waals surface area contributed by atoms with Gasteiger partial charge in [0.15, 0.2) is 0 Å². The predicted octanol–water partition coefficient (Wildman–Crippen LogP) is 2.11. The topological polar surface area (TPSA) is 63.2 Å². The van der Waals surface area contributed by atoms with Crippen LogP contribution < -0.4 is 5.32 Å². The quantitative estimate of drug-likeness (QED) is 0.929. The molecule has 2 aromatic rings. The Labute approximate surface area is 142 Å². The largest absolute Gasteiger partial charge is 0.371 e. The standard InChI is InChI=1S/C18H23N5O/c1-2-6-20-15(4-1)12-23-9-3-5-18(14-23)10-16(13-24-18)22-17-11-19-7-8-21-17/h1-2,4,6-8,11,16H,3,5,9-10,12-14H2,(H,21,22). The Balaban J connectivity index is 1.37. The molecular formula is C18H23N5O. The minimum Gasteiger partial charge on any atom is -0.371 e. The van der Waals surface area contributed by atoms with E-state index in [-0.39, 0.29) is 5.60 Å². The number of nitrogens with zero attached hydrogens (tertiary/aromatic N) is 4. The summed E-state index contributed by atoms with van der Waals surface area (Å²) in [6, 6.07) is 6.41. The molecule has 2 aliphatic heterocycles. The van der Waals surface area contributed by atoms with Crippen LogP contribution >= 0.6 is 0 Å². The van der Waals surface area contributed by atoms with Gasteiger partial charge in [-0.05, 0) is 31.5 Å². The summed E-state index contributed by atoms with van der Waals surface area (Å²) in [4.78, 5) is 15.3. The van der Waals surface area contributed by atoms with Gasteiger partial charge in [-0.25, -0.2) is 4.98 Å². The number of nitrogens with one attached hydrogen (secondary N) is 1. The van der Waals surface area contributed by atoms with E-state index in [1.54, 1.807) is 18.6 Å². The van der Waals surface area contributed by atoms with Crippen molar-refractivity contribution in [1.82, 2.24) is 19.9 Å². The van der Waals surface area contributed by atoms with Crippen molar-refractivity contribution in [2.24, 2.45) is 0 Å². The summed E-state index contributed by atoms with van der Waals surface area (Å²) in [5.41, 5.74) is 1.09. The van der Waals surface area contributed by atoms with E-state index in [0.717, 1.165) is 50.6 Å². The number of aromatic nitrogens is 3. The summed E-state index contributed by atoms with van der Waals surface area (Å²) in [5, 5.41) is 3.45. The number of rotatable bonds is 4. The SMILES string of the molecule is c1ccc(CN2CCCC3(CC(Nc4cnccn4)CO3)C2)nc1. The van der Waals surface area contributed by atoms with Crippen molar-refractivity contribution >= 4 is 5.82 Å². The second-order valence-corrected chi connectivity index (χ2v) is 6.77. The molecule has 1 N–H and O–H groups in total. The van der Waals surface area contributed by atoms with Crippen molar-refractivity contribution in [1.29, 1.82) is 0 Å². The highest BCUT2D eigenvalue weighted by Crippen LogP contribution is 2.35. The maximum atomic E-state index is 6.26. The fraction of sp³-hybridized carbons (Fsp3) is 0.500. The van der Waals surface area contributed by atoms with Gasteiger partial charge in [0.1, 0.15) is 5.82 Å². The van der Waals surface area contributed by atoms with Crippen molar-refractivity contribution in [3.63, 3.8) is 0 Å². The number of piperidine rings is 1. The third-order valence-electron chi connectivity index (χ3n) is 4.85. The van der Waals surface area contributed by atoms with Gasteiger partial charge in [-0.3, -0.25) is 14.9 Å². The Morgan fingerprint density at radius 1 is 1.25 bits per heavy atom. The Kier molecular flexibility index (Phi) is 4.40. The fourth-order valence-corrected chi connectivity index (χ4v) is 3.85. The molecule has 126 valence electrons. The maximum absolute atomic E-state index is 6.26. The summed E-state index contributed by atoms with van der Waals surface area (Å²) >= 11 is 0. The van der Waals surface area contributed by atoms with Gasteiger partial charge in [0.05, 0.1) is 30.1 Å². The van der Waals surface area contributed by atoms with Crippen molar-refractivity contribution in [2.75, 3.05) is 25.0 Å². The van der Waals surface area contributed by atoms with Gasteiger partial charge in [0.2, 0.25) is 0 Å². The van der Waals surface area contributed by atoms with Crippen molar-refractivity contribution in [3.05, 3.63) is 48.7 Å². The lowest BCUT2D eigenvalue weighted by Crippen LogP contribution is -2.47. The molecule has 6 nitrogen and oxygen atoms in total. The van der Waals surface area contributed by atoms with Gasteiger partial charge in [-0.2, -0.15) is 0 Å². The number of ether oxygens (including phenoxy) is 1. The van der Waals surface area contributed by atoms with Crippen molar-refractivity contribution in [3.8, 4) is 0 Å². The van der Waals surface area contributed by atoms with Crippen LogP contribution in [0.1, 0.15) is 25.0 Å². The third-order valence-corrected chi connectivity index (χ3v) is 4.85. The molecule has 0 radical (unpaired) electrons. The third kappa shape index (κ3) is 3.55. The molecule has 2 fully saturated rings. The summed E-state index contributed by atoms with van der Waals surface area (Å²) in [5.74, 6) is 0.823. The van der Waals surface area contributed by atoms with Crippen LogP contribution in [0.3, 0.4) is 0 Å². The molecule has 2 aromatic heterocycles. The van der Waals surface area contributed by atoms with Gasteiger partial charge >= 0.3 is 0 Å². The molecule has 2 unspecified atom stereocenters. The highest BCUT2D eigenvalue weighted by Gasteiger charge is 2.43. The monoisotopic (exact) mass is 325 g/mol. The average molecular weight is 325 g/mol. The Bertz CT molecular complexity index is 653. The van der Waals surface area contributed by atoms with E-state index in [2.05, 4.69) is 37.3 Å². The van der Waals surface area contributed by atoms with E-state index >= 15 is 0 Å². The molecule has 4 heterocycles. The Morgan fingerprint density at radius 2 is 2.25 bits per heavy atom. The van der Waals surface area contributed by atoms with Crippen molar-refractivity contribution < 1.29 is 4.74 Å². The minimum atomic E-state index is -0.0348. The lowest BCUT2D eigenvalue weighted by Gasteiger charge is -2.39. The molecule has 0 aromatic carbocycles. The fourth-order valence-electron chi connectivity index (χ4n) is 3.85.